The molecule has 4 nitrogen and oxygen atoms in total. The van der Waals surface area contributed by atoms with E-state index in [0.717, 1.165) is 0 Å². The SMILES string of the molecule is CC(=O)NC(Cl)(Cl)NC(C)=O. The second-order valence-corrected chi connectivity index (χ2v) is 3.26. The van der Waals surface area contributed by atoms with Gasteiger partial charge in [-0.3, -0.25) is 9.59 Å². The fraction of sp³-hybridized carbons (Fsp3) is 0.600. The van der Waals surface area contributed by atoms with E-state index in [1.807, 2.05) is 0 Å². The molecule has 0 rings (SSSR count). The van der Waals surface area contributed by atoms with Crippen molar-refractivity contribution in [2.24, 2.45) is 0 Å². The molecule has 0 aliphatic rings. The molecule has 64 valence electrons. The fourth-order valence-electron chi connectivity index (χ4n) is 0.473. The third-order valence-electron chi connectivity index (χ3n) is 0.666. The number of nitrogens with one attached hydrogen (secondary N) is 2. The van der Waals surface area contributed by atoms with E-state index < -0.39 is 16.4 Å². The average molecular weight is 199 g/mol. The number of hydrogen-bond acceptors (Lipinski definition) is 2. The first-order valence-electron chi connectivity index (χ1n) is 2.79. The van der Waals surface area contributed by atoms with Crippen molar-refractivity contribution in [3.05, 3.63) is 0 Å². The van der Waals surface area contributed by atoms with Gasteiger partial charge in [-0.25, -0.2) is 0 Å². The van der Waals surface area contributed by atoms with Crippen molar-refractivity contribution in [3.8, 4) is 0 Å². The largest absolute Gasteiger partial charge is 0.308 e. The van der Waals surface area contributed by atoms with Crippen LogP contribution in [0, 0.1) is 0 Å². The van der Waals surface area contributed by atoms with Crippen molar-refractivity contribution in [2.75, 3.05) is 0 Å². The number of carbonyl (C=O) groups excluding carboxylic acids is 2. The minimum atomic E-state index is -1.71. The van der Waals surface area contributed by atoms with Crippen LogP contribution in [-0.4, -0.2) is 16.4 Å². The van der Waals surface area contributed by atoms with Gasteiger partial charge in [0.15, 0.2) is 0 Å². The summed E-state index contributed by atoms with van der Waals surface area (Å²) < 4.78 is -1.71. The van der Waals surface area contributed by atoms with Crippen LogP contribution in [-0.2, 0) is 9.59 Å². The molecular weight excluding hydrogens is 191 g/mol. The molecule has 0 aromatic rings. The van der Waals surface area contributed by atoms with Gasteiger partial charge in [-0.1, -0.05) is 23.2 Å². The highest BCUT2D eigenvalue weighted by molar-refractivity contribution is 6.49. The van der Waals surface area contributed by atoms with Gasteiger partial charge in [0.1, 0.15) is 0 Å². The molecule has 0 bridgehead atoms. The van der Waals surface area contributed by atoms with Crippen molar-refractivity contribution >= 4 is 35.0 Å². The first kappa shape index (κ1) is 10.5. The van der Waals surface area contributed by atoms with Crippen molar-refractivity contribution in [2.45, 2.75) is 18.4 Å². The van der Waals surface area contributed by atoms with Gasteiger partial charge in [-0.2, -0.15) is 0 Å². The standard InChI is InChI=1S/C5H8Cl2N2O2/c1-3(10)8-5(6,7)9-4(2)11/h1-2H3,(H,8,10)(H,9,11). The maximum Gasteiger partial charge on any atom is 0.270 e. The summed E-state index contributed by atoms with van der Waals surface area (Å²) in [6, 6.07) is 0. The highest BCUT2D eigenvalue weighted by atomic mass is 35.5. The van der Waals surface area contributed by atoms with E-state index in [-0.39, 0.29) is 0 Å². The van der Waals surface area contributed by atoms with Gasteiger partial charge in [0.25, 0.3) is 4.58 Å². The number of carbonyl (C=O) groups is 2. The quantitative estimate of drug-likeness (QED) is 0.383. The lowest BCUT2D eigenvalue weighted by Gasteiger charge is -2.20. The molecule has 0 aliphatic carbocycles. The summed E-state index contributed by atoms with van der Waals surface area (Å²) in [4.78, 5) is 20.8. The molecule has 2 amide bonds. The molecule has 0 heterocycles. The molecular formula is C5H8Cl2N2O2. The number of hydrogen-bond donors (Lipinski definition) is 2. The van der Waals surface area contributed by atoms with E-state index in [4.69, 9.17) is 23.2 Å². The Kier molecular flexibility index (Phi) is 3.62. The first-order chi connectivity index (χ1) is 4.83. The van der Waals surface area contributed by atoms with Crippen LogP contribution in [0.3, 0.4) is 0 Å². The highest BCUT2D eigenvalue weighted by Crippen LogP contribution is 2.11. The van der Waals surface area contributed by atoms with Crippen LogP contribution in [0.1, 0.15) is 13.8 Å². The van der Waals surface area contributed by atoms with Gasteiger partial charge in [0, 0.05) is 13.8 Å². The van der Waals surface area contributed by atoms with Crippen molar-refractivity contribution < 1.29 is 9.59 Å². The second-order valence-electron chi connectivity index (χ2n) is 1.94. The second kappa shape index (κ2) is 3.78. The minimum absolute atomic E-state index is 0.427. The summed E-state index contributed by atoms with van der Waals surface area (Å²) >= 11 is 10.9. The Hall–Kier alpha value is -0.480. The monoisotopic (exact) mass is 198 g/mol. The van der Waals surface area contributed by atoms with Crippen molar-refractivity contribution in [3.63, 3.8) is 0 Å². The molecule has 0 saturated carbocycles. The van der Waals surface area contributed by atoms with E-state index in [0.29, 0.717) is 0 Å². The molecule has 0 saturated heterocycles. The molecule has 0 fully saturated rings. The lowest BCUT2D eigenvalue weighted by atomic mass is 10.6. The lowest BCUT2D eigenvalue weighted by molar-refractivity contribution is -0.121. The maximum absolute atomic E-state index is 10.4. The predicted molar refractivity (Wildman–Crippen MR) is 42.1 cm³/mol. The summed E-state index contributed by atoms with van der Waals surface area (Å²) in [7, 11) is 0. The fourth-order valence-corrected chi connectivity index (χ4v) is 1.01. The van der Waals surface area contributed by atoms with Gasteiger partial charge < -0.3 is 10.6 Å². The Labute approximate surface area is 74.2 Å². The van der Waals surface area contributed by atoms with Crippen LogP contribution < -0.4 is 10.6 Å². The molecule has 6 heteroatoms. The Morgan fingerprint density at radius 1 is 1.09 bits per heavy atom. The Balaban J connectivity index is 3.99. The molecule has 11 heavy (non-hydrogen) atoms. The zero-order valence-electron chi connectivity index (χ0n) is 6.07. The Morgan fingerprint density at radius 3 is 1.55 bits per heavy atom. The average Bonchev–Trinajstić information content (AvgIpc) is 1.53. The van der Waals surface area contributed by atoms with Crippen LogP contribution in [0.15, 0.2) is 0 Å². The summed E-state index contributed by atoms with van der Waals surface area (Å²) in [6.07, 6.45) is 0. The molecule has 0 atom stereocenters. The highest BCUT2D eigenvalue weighted by Gasteiger charge is 2.25. The van der Waals surface area contributed by atoms with Crippen LogP contribution in [0.5, 0.6) is 0 Å². The summed E-state index contributed by atoms with van der Waals surface area (Å²) in [6.45, 7) is 2.47. The Morgan fingerprint density at radius 2 is 1.36 bits per heavy atom. The number of rotatable bonds is 2. The third kappa shape index (κ3) is 5.94. The van der Waals surface area contributed by atoms with E-state index in [9.17, 15) is 9.59 Å². The third-order valence-corrected chi connectivity index (χ3v) is 1.04. The molecule has 0 unspecified atom stereocenters. The molecule has 0 aromatic heterocycles. The lowest BCUT2D eigenvalue weighted by Crippen LogP contribution is -2.51. The summed E-state index contributed by atoms with van der Waals surface area (Å²) in [5.74, 6) is -0.854. The van der Waals surface area contributed by atoms with Gasteiger partial charge >= 0.3 is 0 Å². The van der Waals surface area contributed by atoms with Crippen LogP contribution in [0.4, 0.5) is 0 Å². The number of amides is 2. The van der Waals surface area contributed by atoms with Crippen LogP contribution in [0.2, 0.25) is 0 Å². The van der Waals surface area contributed by atoms with Gasteiger partial charge in [0.2, 0.25) is 11.8 Å². The maximum atomic E-state index is 10.4. The number of alkyl halides is 2. The normalized spacial score (nSPS) is 10.5. The molecule has 0 radical (unpaired) electrons. The smallest absolute Gasteiger partial charge is 0.270 e. The molecule has 0 aliphatic heterocycles. The minimum Gasteiger partial charge on any atom is -0.308 e. The van der Waals surface area contributed by atoms with Gasteiger partial charge in [0.05, 0.1) is 0 Å². The number of halogens is 2. The van der Waals surface area contributed by atoms with Crippen LogP contribution >= 0.6 is 23.2 Å². The Bertz CT molecular complexity index is 163. The van der Waals surface area contributed by atoms with Gasteiger partial charge in [-0.05, 0) is 0 Å². The van der Waals surface area contributed by atoms with Crippen LogP contribution in [0.25, 0.3) is 0 Å². The summed E-state index contributed by atoms with van der Waals surface area (Å²) in [5.41, 5.74) is 0. The summed E-state index contributed by atoms with van der Waals surface area (Å²) in [5, 5.41) is 4.22. The van der Waals surface area contributed by atoms with E-state index >= 15 is 0 Å². The zero-order chi connectivity index (χ0) is 9.07. The van der Waals surface area contributed by atoms with Crippen molar-refractivity contribution in [1.29, 1.82) is 0 Å². The topological polar surface area (TPSA) is 58.2 Å². The predicted octanol–water partition coefficient (Wildman–Crippen LogP) is 0.348. The first-order valence-corrected chi connectivity index (χ1v) is 3.54. The van der Waals surface area contributed by atoms with Crippen molar-refractivity contribution in [1.82, 2.24) is 10.6 Å². The van der Waals surface area contributed by atoms with E-state index in [1.165, 1.54) is 13.8 Å². The van der Waals surface area contributed by atoms with Gasteiger partial charge in [-0.15, -0.1) is 0 Å². The molecule has 2 N–H and O–H groups in total. The van der Waals surface area contributed by atoms with E-state index in [2.05, 4.69) is 10.6 Å². The molecule has 0 aromatic carbocycles. The zero-order valence-corrected chi connectivity index (χ0v) is 7.58. The molecule has 0 spiro atoms. The van der Waals surface area contributed by atoms with E-state index in [1.54, 1.807) is 0 Å².